The second-order valence-corrected chi connectivity index (χ2v) is 6.55. The highest BCUT2D eigenvalue weighted by atomic mass is 15.3. The van der Waals surface area contributed by atoms with E-state index < -0.39 is 0 Å². The Morgan fingerprint density at radius 1 is 1.16 bits per heavy atom. The fourth-order valence-electron chi connectivity index (χ4n) is 3.80. The number of hydrogen-bond donors (Lipinski definition) is 1. The van der Waals surface area contributed by atoms with Crippen molar-refractivity contribution in [1.82, 2.24) is 15.1 Å². The third kappa shape index (κ3) is 4.17. The van der Waals surface area contributed by atoms with Gasteiger partial charge in [0.05, 0.1) is 0 Å². The van der Waals surface area contributed by atoms with Gasteiger partial charge in [0.1, 0.15) is 0 Å². The van der Waals surface area contributed by atoms with E-state index in [9.17, 15) is 0 Å². The van der Waals surface area contributed by atoms with Crippen LogP contribution in [0.5, 0.6) is 0 Å². The molecule has 1 aliphatic carbocycles. The summed E-state index contributed by atoms with van der Waals surface area (Å²) in [7, 11) is 2.28. The maximum Gasteiger partial charge on any atom is 0.0218 e. The van der Waals surface area contributed by atoms with E-state index in [1.54, 1.807) is 0 Å². The minimum Gasteiger partial charge on any atom is -0.314 e. The van der Waals surface area contributed by atoms with Crippen LogP contribution in [-0.2, 0) is 0 Å². The molecule has 3 nitrogen and oxygen atoms in total. The monoisotopic (exact) mass is 267 g/mol. The molecule has 19 heavy (non-hydrogen) atoms. The van der Waals surface area contributed by atoms with Gasteiger partial charge in [-0.05, 0) is 45.2 Å². The summed E-state index contributed by atoms with van der Waals surface area (Å²) in [6.07, 6.45) is 6.81. The topological polar surface area (TPSA) is 18.5 Å². The quantitative estimate of drug-likeness (QED) is 0.796. The predicted octanol–water partition coefficient (Wildman–Crippen LogP) is 2.18. The Balaban J connectivity index is 1.79. The minimum absolute atomic E-state index is 0.775. The van der Waals surface area contributed by atoms with Gasteiger partial charge >= 0.3 is 0 Å². The van der Waals surface area contributed by atoms with E-state index >= 15 is 0 Å². The smallest absolute Gasteiger partial charge is 0.0218 e. The van der Waals surface area contributed by atoms with Crippen molar-refractivity contribution in [3.05, 3.63) is 0 Å². The van der Waals surface area contributed by atoms with E-state index in [1.165, 1.54) is 64.8 Å². The second kappa shape index (κ2) is 7.61. The maximum absolute atomic E-state index is 3.77. The summed E-state index contributed by atoms with van der Waals surface area (Å²) >= 11 is 0. The molecule has 2 rings (SSSR count). The third-order valence-corrected chi connectivity index (χ3v) is 5.14. The van der Waals surface area contributed by atoms with Crippen LogP contribution in [0, 0.1) is 5.92 Å². The molecule has 3 heteroatoms. The van der Waals surface area contributed by atoms with Gasteiger partial charge in [-0.25, -0.2) is 0 Å². The predicted molar refractivity (Wildman–Crippen MR) is 82.6 cm³/mol. The summed E-state index contributed by atoms with van der Waals surface area (Å²) < 4.78 is 0. The van der Waals surface area contributed by atoms with Crippen molar-refractivity contribution >= 4 is 0 Å². The number of nitrogens with one attached hydrogen (secondary N) is 1. The molecule has 1 N–H and O–H groups in total. The van der Waals surface area contributed by atoms with E-state index in [-0.39, 0.29) is 0 Å². The summed E-state index contributed by atoms with van der Waals surface area (Å²) in [5.74, 6) is 0.896. The molecule has 0 radical (unpaired) electrons. The molecule has 1 aliphatic heterocycles. The van der Waals surface area contributed by atoms with Gasteiger partial charge in [-0.15, -0.1) is 0 Å². The number of nitrogens with zero attached hydrogens (tertiary/aromatic N) is 2. The molecule has 112 valence electrons. The first kappa shape index (κ1) is 15.3. The lowest BCUT2D eigenvalue weighted by atomic mass is 10.0. The van der Waals surface area contributed by atoms with Crippen molar-refractivity contribution < 1.29 is 0 Å². The second-order valence-electron chi connectivity index (χ2n) is 6.55. The number of rotatable bonds is 6. The lowest BCUT2D eigenvalue weighted by molar-refractivity contribution is 0.0787. The molecule has 2 aliphatic rings. The van der Waals surface area contributed by atoms with Crippen LogP contribution in [0.2, 0.25) is 0 Å². The van der Waals surface area contributed by atoms with Crippen molar-refractivity contribution in [2.45, 2.75) is 58.0 Å². The van der Waals surface area contributed by atoms with Crippen LogP contribution >= 0.6 is 0 Å². The summed E-state index contributed by atoms with van der Waals surface area (Å²) in [5.41, 5.74) is 0. The van der Waals surface area contributed by atoms with Crippen LogP contribution < -0.4 is 5.32 Å². The summed E-state index contributed by atoms with van der Waals surface area (Å²) in [6.45, 7) is 10.9. The zero-order valence-electron chi connectivity index (χ0n) is 13.2. The molecule has 0 bridgehead atoms. The Labute approximate surface area is 119 Å². The van der Waals surface area contributed by atoms with Crippen LogP contribution in [0.25, 0.3) is 0 Å². The third-order valence-electron chi connectivity index (χ3n) is 5.14. The van der Waals surface area contributed by atoms with Gasteiger partial charge in [-0.3, -0.25) is 0 Å². The van der Waals surface area contributed by atoms with Crippen LogP contribution in [-0.4, -0.2) is 61.7 Å². The van der Waals surface area contributed by atoms with Crippen LogP contribution in [0.1, 0.15) is 46.0 Å². The van der Waals surface area contributed by atoms with Crippen molar-refractivity contribution in [3.63, 3.8) is 0 Å². The van der Waals surface area contributed by atoms with Crippen molar-refractivity contribution in [3.8, 4) is 0 Å². The van der Waals surface area contributed by atoms with Crippen molar-refractivity contribution in [1.29, 1.82) is 0 Å². The van der Waals surface area contributed by atoms with E-state index in [0.717, 1.165) is 18.0 Å². The van der Waals surface area contributed by atoms with Gasteiger partial charge < -0.3 is 15.1 Å². The number of piperazine rings is 1. The average Bonchev–Trinajstić information content (AvgIpc) is 2.86. The van der Waals surface area contributed by atoms with Crippen LogP contribution in [0.15, 0.2) is 0 Å². The molecule has 0 aromatic rings. The molecule has 0 spiro atoms. The van der Waals surface area contributed by atoms with E-state index in [4.69, 9.17) is 0 Å². The van der Waals surface area contributed by atoms with Gasteiger partial charge in [-0.1, -0.05) is 20.3 Å². The fourth-order valence-corrected chi connectivity index (χ4v) is 3.80. The average molecular weight is 267 g/mol. The fraction of sp³-hybridized carbons (Fsp3) is 1.00. The van der Waals surface area contributed by atoms with Crippen LogP contribution in [0.4, 0.5) is 0 Å². The van der Waals surface area contributed by atoms with E-state index in [0.29, 0.717) is 0 Å². The Hall–Kier alpha value is -0.120. The van der Waals surface area contributed by atoms with E-state index in [1.807, 2.05) is 0 Å². The van der Waals surface area contributed by atoms with Gasteiger partial charge in [0.15, 0.2) is 0 Å². The maximum atomic E-state index is 3.77. The van der Waals surface area contributed by atoms with E-state index in [2.05, 4.69) is 36.0 Å². The Kier molecular flexibility index (Phi) is 6.11. The van der Waals surface area contributed by atoms with Gasteiger partial charge in [0, 0.05) is 38.3 Å². The van der Waals surface area contributed by atoms with Crippen molar-refractivity contribution in [2.75, 3.05) is 39.8 Å². The molecule has 1 heterocycles. The Morgan fingerprint density at radius 3 is 2.74 bits per heavy atom. The summed E-state index contributed by atoms with van der Waals surface area (Å²) in [5, 5.41) is 3.77. The minimum atomic E-state index is 0.775. The molecule has 2 fully saturated rings. The highest BCUT2D eigenvalue weighted by Gasteiger charge is 2.30. The first-order valence-corrected chi connectivity index (χ1v) is 8.40. The molecular weight excluding hydrogens is 234 g/mol. The van der Waals surface area contributed by atoms with Gasteiger partial charge in [0.2, 0.25) is 0 Å². The highest BCUT2D eigenvalue weighted by Crippen LogP contribution is 2.27. The first-order valence-electron chi connectivity index (χ1n) is 8.40. The number of likely N-dealkylation sites (N-methyl/N-ethyl adjacent to an activating group) is 1. The number of hydrogen-bond acceptors (Lipinski definition) is 3. The van der Waals surface area contributed by atoms with Gasteiger partial charge in [-0.2, -0.15) is 0 Å². The largest absolute Gasteiger partial charge is 0.314 e. The zero-order valence-corrected chi connectivity index (χ0v) is 13.2. The summed E-state index contributed by atoms with van der Waals surface area (Å²) in [6, 6.07) is 1.57. The van der Waals surface area contributed by atoms with Crippen molar-refractivity contribution in [2.24, 2.45) is 5.92 Å². The molecule has 1 saturated heterocycles. The highest BCUT2D eigenvalue weighted by molar-refractivity contribution is 4.87. The lowest BCUT2D eigenvalue weighted by Crippen LogP contribution is -2.53. The normalized spacial score (nSPS) is 33.9. The Morgan fingerprint density at radius 2 is 2.00 bits per heavy atom. The zero-order chi connectivity index (χ0) is 13.7. The first-order chi connectivity index (χ1) is 9.24. The molecule has 3 unspecified atom stereocenters. The molecule has 0 aromatic heterocycles. The molecule has 1 saturated carbocycles. The molecule has 3 atom stereocenters. The van der Waals surface area contributed by atoms with Crippen LogP contribution in [0.3, 0.4) is 0 Å². The van der Waals surface area contributed by atoms with Gasteiger partial charge in [0.25, 0.3) is 0 Å². The summed E-state index contributed by atoms with van der Waals surface area (Å²) in [4.78, 5) is 5.27. The molecule has 0 amide bonds. The molecule has 0 aromatic carbocycles. The standard InChI is InChI=1S/C16H33N3/c1-4-9-17-16-8-6-7-14(16)12-19-11-10-18(3)15(5-2)13-19/h14-17H,4-13H2,1-3H3. The SMILES string of the molecule is CCCNC1CCCC1CN1CCN(C)C(CC)C1. The lowest BCUT2D eigenvalue weighted by Gasteiger charge is -2.40. The Bertz CT molecular complexity index is 256. The molecular formula is C16H33N3.